The van der Waals surface area contributed by atoms with Crippen LogP contribution < -0.4 is 11.1 Å². The summed E-state index contributed by atoms with van der Waals surface area (Å²) in [4.78, 5) is 15.3. The standard InChI is InChI=1S/C15H11ClIN3O/c16-10-7-9(17)4-5-12(10)20-15(21)13-6-8-2-1-3-11(18)14(8)19-13/h1-7,19H,18H2,(H,20,21). The van der Waals surface area contributed by atoms with Crippen molar-refractivity contribution in [1.29, 1.82) is 0 Å². The number of aromatic nitrogens is 1. The van der Waals surface area contributed by atoms with Crippen molar-refractivity contribution in [1.82, 2.24) is 4.98 Å². The molecule has 0 aliphatic heterocycles. The molecule has 0 saturated carbocycles. The minimum Gasteiger partial charge on any atom is -0.397 e. The number of halogens is 2. The Kier molecular flexibility index (Phi) is 3.77. The minimum atomic E-state index is -0.256. The predicted octanol–water partition coefficient (Wildman–Crippen LogP) is 4.26. The molecule has 106 valence electrons. The molecule has 21 heavy (non-hydrogen) atoms. The van der Waals surface area contributed by atoms with Gasteiger partial charge in [-0.15, -0.1) is 0 Å². The van der Waals surface area contributed by atoms with E-state index in [-0.39, 0.29) is 5.91 Å². The summed E-state index contributed by atoms with van der Waals surface area (Å²) in [7, 11) is 0. The SMILES string of the molecule is Nc1cccc2cc(C(=O)Nc3ccc(I)cc3Cl)[nH]c12. The van der Waals surface area contributed by atoms with Crippen molar-refractivity contribution in [2.45, 2.75) is 0 Å². The number of amides is 1. The van der Waals surface area contributed by atoms with Gasteiger partial charge < -0.3 is 16.0 Å². The maximum absolute atomic E-state index is 12.3. The van der Waals surface area contributed by atoms with Crippen molar-refractivity contribution >= 4 is 62.4 Å². The zero-order valence-corrected chi connectivity index (χ0v) is 13.7. The summed E-state index contributed by atoms with van der Waals surface area (Å²) in [5, 5.41) is 4.19. The third kappa shape index (κ3) is 2.84. The van der Waals surface area contributed by atoms with Gasteiger partial charge in [-0.05, 0) is 52.9 Å². The number of para-hydroxylation sites is 1. The van der Waals surface area contributed by atoms with E-state index in [2.05, 4.69) is 32.9 Å². The number of benzene rings is 2. The quantitative estimate of drug-likeness (QED) is 0.435. The molecule has 0 fully saturated rings. The molecular weight excluding hydrogens is 401 g/mol. The Balaban J connectivity index is 1.92. The second-order valence-corrected chi connectivity index (χ2v) is 6.23. The zero-order valence-electron chi connectivity index (χ0n) is 10.8. The van der Waals surface area contributed by atoms with Crippen molar-refractivity contribution < 1.29 is 4.79 Å². The number of nitrogens with one attached hydrogen (secondary N) is 2. The molecule has 4 nitrogen and oxygen atoms in total. The number of fused-ring (bicyclic) bond motifs is 1. The second kappa shape index (κ2) is 5.57. The molecule has 0 bridgehead atoms. The fourth-order valence-corrected chi connectivity index (χ4v) is 2.99. The Hall–Kier alpha value is -1.73. The Morgan fingerprint density at radius 1 is 1.24 bits per heavy atom. The number of nitrogens with two attached hydrogens (primary N) is 1. The lowest BCUT2D eigenvalue weighted by Crippen LogP contribution is -2.12. The summed E-state index contributed by atoms with van der Waals surface area (Å²) >= 11 is 8.28. The first-order valence-electron chi connectivity index (χ1n) is 6.18. The predicted molar refractivity (Wildman–Crippen MR) is 94.8 cm³/mol. The van der Waals surface area contributed by atoms with Gasteiger partial charge in [-0.25, -0.2) is 0 Å². The van der Waals surface area contributed by atoms with Crippen molar-refractivity contribution in [3.8, 4) is 0 Å². The Bertz CT molecular complexity index is 844. The molecule has 2 aromatic carbocycles. The van der Waals surface area contributed by atoms with Crippen molar-refractivity contribution in [2.24, 2.45) is 0 Å². The molecule has 0 aliphatic rings. The summed E-state index contributed by atoms with van der Waals surface area (Å²) in [5.41, 5.74) is 8.27. The largest absolute Gasteiger partial charge is 0.397 e. The molecular formula is C15H11ClIN3O. The minimum absolute atomic E-state index is 0.256. The fraction of sp³-hybridized carbons (Fsp3) is 0. The van der Waals surface area contributed by atoms with Crippen molar-refractivity contribution in [3.63, 3.8) is 0 Å². The third-order valence-corrected chi connectivity index (χ3v) is 4.10. The first-order chi connectivity index (χ1) is 10.0. The van der Waals surface area contributed by atoms with E-state index in [1.165, 1.54) is 0 Å². The molecule has 1 amide bonds. The van der Waals surface area contributed by atoms with Crippen LogP contribution in [0.15, 0.2) is 42.5 Å². The molecule has 0 unspecified atom stereocenters. The van der Waals surface area contributed by atoms with Crippen LogP contribution >= 0.6 is 34.2 Å². The summed E-state index contributed by atoms with van der Waals surface area (Å²) in [5.74, 6) is -0.256. The zero-order chi connectivity index (χ0) is 15.0. The highest BCUT2D eigenvalue weighted by atomic mass is 127. The lowest BCUT2D eigenvalue weighted by molar-refractivity contribution is 0.102. The van der Waals surface area contributed by atoms with E-state index in [4.69, 9.17) is 17.3 Å². The molecule has 3 rings (SSSR count). The smallest absolute Gasteiger partial charge is 0.272 e. The number of hydrogen-bond acceptors (Lipinski definition) is 2. The van der Waals surface area contributed by atoms with Gasteiger partial charge >= 0.3 is 0 Å². The first kappa shape index (κ1) is 14.2. The average molecular weight is 412 g/mol. The van der Waals surface area contributed by atoms with E-state index in [1.54, 1.807) is 24.3 Å². The maximum atomic E-state index is 12.3. The Morgan fingerprint density at radius 2 is 2.05 bits per heavy atom. The van der Waals surface area contributed by atoms with E-state index in [0.29, 0.717) is 22.1 Å². The molecule has 0 saturated heterocycles. The number of H-pyrrole nitrogens is 1. The molecule has 6 heteroatoms. The topological polar surface area (TPSA) is 70.9 Å². The lowest BCUT2D eigenvalue weighted by atomic mass is 10.2. The second-order valence-electron chi connectivity index (χ2n) is 4.57. The summed E-state index contributed by atoms with van der Waals surface area (Å²) in [6, 6.07) is 12.8. The van der Waals surface area contributed by atoms with E-state index < -0.39 is 0 Å². The van der Waals surface area contributed by atoms with Crippen LogP contribution in [0.2, 0.25) is 5.02 Å². The van der Waals surface area contributed by atoms with Crippen LogP contribution in [0, 0.1) is 3.57 Å². The van der Waals surface area contributed by atoms with Gasteiger partial charge in [0.2, 0.25) is 0 Å². The number of carbonyl (C=O) groups excluding carboxylic acids is 1. The average Bonchev–Trinajstić information content (AvgIpc) is 2.87. The van der Waals surface area contributed by atoms with Crippen molar-refractivity contribution in [3.05, 3.63) is 56.8 Å². The van der Waals surface area contributed by atoms with Crippen LogP contribution in [0.3, 0.4) is 0 Å². The van der Waals surface area contributed by atoms with Gasteiger partial charge in [-0.3, -0.25) is 4.79 Å². The number of rotatable bonds is 2. The van der Waals surface area contributed by atoms with Crippen LogP contribution in [0.25, 0.3) is 10.9 Å². The number of aromatic amines is 1. The first-order valence-corrected chi connectivity index (χ1v) is 7.64. The van der Waals surface area contributed by atoms with Crippen LogP contribution in [0.1, 0.15) is 10.5 Å². The molecule has 0 spiro atoms. The number of nitrogen functional groups attached to an aromatic ring is 1. The van der Waals surface area contributed by atoms with Gasteiger partial charge in [-0.2, -0.15) is 0 Å². The van der Waals surface area contributed by atoms with E-state index >= 15 is 0 Å². The summed E-state index contributed by atoms with van der Waals surface area (Å²) in [6.45, 7) is 0. The van der Waals surface area contributed by atoms with Gasteiger partial charge in [0.05, 0.1) is 21.9 Å². The molecule has 0 atom stereocenters. The van der Waals surface area contributed by atoms with Crippen LogP contribution in [-0.2, 0) is 0 Å². The van der Waals surface area contributed by atoms with Crippen LogP contribution in [0.5, 0.6) is 0 Å². The number of anilines is 2. The highest BCUT2D eigenvalue weighted by Crippen LogP contribution is 2.25. The summed E-state index contributed by atoms with van der Waals surface area (Å²) < 4.78 is 1.01. The van der Waals surface area contributed by atoms with E-state index in [1.807, 2.05) is 18.2 Å². The van der Waals surface area contributed by atoms with Gasteiger partial charge in [0, 0.05) is 8.96 Å². The Morgan fingerprint density at radius 3 is 2.76 bits per heavy atom. The van der Waals surface area contributed by atoms with E-state index in [0.717, 1.165) is 14.5 Å². The van der Waals surface area contributed by atoms with Gasteiger partial charge in [0.1, 0.15) is 5.69 Å². The molecule has 1 aromatic heterocycles. The molecule has 1 heterocycles. The lowest BCUT2D eigenvalue weighted by Gasteiger charge is -2.06. The Labute approximate surface area is 139 Å². The van der Waals surface area contributed by atoms with E-state index in [9.17, 15) is 4.79 Å². The van der Waals surface area contributed by atoms with Gasteiger partial charge in [0.25, 0.3) is 5.91 Å². The van der Waals surface area contributed by atoms with Gasteiger partial charge in [0.15, 0.2) is 0 Å². The molecule has 3 aromatic rings. The number of carbonyl (C=O) groups is 1. The molecule has 0 aliphatic carbocycles. The van der Waals surface area contributed by atoms with Crippen LogP contribution in [0.4, 0.5) is 11.4 Å². The normalized spacial score (nSPS) is 10.8. The monoisotopic (exact) mass is 411 g/mol. The maximum Gasteiger partial charge on any atom is 0.272 e. The van der Waals surface area contributed by atoms with Gasteiger partial charge in [-0.1, -0.05) is 23.7 Å². The summed E-state index contributed by atoms with van der Waals surface area (Å²) in [6.07, 6.45) is 0. The fourth-order valence-electron chi connectivity index (χ4n) is 2.08. The highest BCUT2D eigenvalue weighted by molar-refractivity contribution is 14.1. The van der Waals surface area contributed by atoms with Crippen molar-refractivity contribution in [2.75, 3.05) is 11.1 Å². The third-order valence-electron chi connectivity index (χ3n) is 3.11. The highest BCUT2D eigenvalue weighted by Gasteiger charge is 2.12. The van der Waals surface area contributed by atoms with Crippen LogP contribution in [-0.4, -0.2) is 10.9 Å². The number of hydrogen-bond donors (Lipinski definition) is 3. The molecule has 4 N–H and O–H groups in total. The molecule has 0 radical (unpaired) electrons.